The molecule has 1 aromatic carbocycles. The smallest absolute Gasteiger partial charge is 0.214 e. The summed E-state index contributed by atoms with van der Waals surface area (Å²) in [4.78, 5) is 10.5. The second-order valence-corrected chi connectivity index (χ2v) is 4.77. The predicted molar refractivity (Wildman–Crippen MR) is 64.4 cm³/mol. The Morgan fingerprint density at radius 2 is 2.22 bits per heavy atom. The molecule has 0 amide bonds. The maximum atomic E-state index is 10.5. The number of carboxylic acid groups (broad SMARTS) is 1. The fraction of sp³-hybridized carbons (Fsp3) is 0.273. The number of aromatic nitrogens is 4. The standard InChI is InChI=1S/C11H12N4O2S/c1-7-3-4-8(2)9(5-7)15-11(12-13-14-15)18-6-10(16)17/h3-5H,6H2,1-2H3,(H,16,17)/p-1. The van der Waals surface area contributed by atoms with Crippen LogP contribution >= 0.6 is 11.8 Å². The molecule has 0 saturated carbocycles. The van der Waals surface area contributed by atoms with E-state index in [4.69, 9.17) is 0 Å². The van der Waals surface area contributed by atoms with E-state index in [2.05, 4.69) is 15.5 Å². The van der Waals surface area contributed by atoms with Crippen molar-refractivity contribution in [3.63, 3.8) is 0 Å². The molecule has 0 radical (unpaired) electrons. The van der Waals surface area contributed by atoms with Gasteiger partial charge in [-0.15, -0.1) is 5.10 Å². The normalized spacial score (nSPS) is 10.6. The summed E-state index contributed by atoms with van der Waals surface area (Å²) in [6.45, 7) is 3.92. The van der Waals surface area contributed by atoms with Gasteiger partial charge in [-0.1, -0.05) is 23.9 Å². The third-order valence-corrected chi connectivity index (χ3v) is 3.25. The van der Waals surface area contributed by atoms with Crippen LogP contribution in [-0.2, 0) is 4.79 Å². The molecule has 1 heterocycles. The minimum atomic E-state index is -1.14. The highest BCUT2D eigenvalue weighted by Gasteiger charge is 2.11. The van der Waals surface area contributed by atoms with Crippen LogP contribution in [0.5, 0.6) is 0 Å². The van der Waals surface area contributed by atoms with Crippen molar-refractivity contribution in [2.24, 2.45) is 0 Å². The van der Waals surface area contributed by atoms with Gasteiger partial charge in [0.25, 0.3) is 0 Å². The molecule has 0 saturated heterocycles. The topological polar surface area (TPSA) is 83.7 Å². The van der Waals surface area contributed by atoms with Gasteiger partial charge in [0.2, 0.25) is 5.16 Å². The van der Waals surface area contributed by atoms with Crippen molar-refractivity contribution >= 4 is 17.7 Å². The lowest BCUT2D eigenvalue weighted by Gasteiger charge is -2.08. The number of rotatable bonds is 4. The Balaban J connectivity index is 2.36. The Morgan fingerprint density at radius 1 is 1.44 bits per heavy atom. The molecule has 2 rings (SSSR count). The lowest BCUT2D eigenvalue weighted by atomic mass is 10.1. The average Bonchev–Trinajstić information content (AvgIpc) is 2.77. The van der Waals surface area contributed by atoms with Gasteiger partial charge in [-0.3, -0.25) is 0 Å². The monoisotopic (exact) mass is 263 g/mol. The Morgan fingerprint density at radius 3 is 2.94 bits per heavy atom. The average molecular weight is 263 g/mol. The number of nitrogens with zero attached hydrogens (tertiary/aromatic N) is 4. The zero-order chi connectivity index (χ0) is 13.1. The molecule has 1 aromatic heterocycles. The SMILES string of the molecule is Cc1ccc(C)c(-n2nnnc2SCC(=O)[O-])c1. The van der Waals surface area contributed by atoms with Crippen LogP contribution in [0.15, 0.2) is 23.4 Å². The highest BCUT2D eigenvalue weighted by atomic mass is 32.2. The number of tetrazole rings is 1. The molecule has 0 spiro atoms. The first-order valence-electron chi connectivity index (χ1n) is 5.26. The van der Waals surface area contributed by atoms with Gasteiger partial charge < -0.3 is 9.90 Å². The third-order valence-electron chi connectivity index (χ3n) is 2.35. The first-order chi connectivity index (χ1) is 8.58. The minimum absolute atomic E-state index is 0.175. The Kier molecular flexibility index (Phi) is 3.61. The summed E-state index contributed by atoms with van der Waals surface area (Å²) in [5.74, 6) is -1.32. The van der Waals surface area contributed by atoms with Crippen LogP contribution in [0.1, 0.15) is 11.1 Å². The second kappa shape index (κ2) is 5.18. The number of aryl methyl sites for hydroxylation is 2. The van der Waals surface area contributed by atoms with Crippen molar-refractivity contribution in [3.8, 4) is 5.69 Å². The van der Waals surface area contributed by atoms with E-state index >= 15 is 0 Å². The molecular weight excluding hydrogens is 252 g/mol. The zero-order valence-corrected chi connectivity index (χ0v) is 10.8. The van der Waals surface area contributed by atoms with E-state index in [-0.39, 0.29) is 5.75 Å². The van der Waals surface area contributed by atoms with Gasteiger partial charge >= 0.3 is 0 Å². The molecule has 18 heavy (non-hydrogen) atoms. The molecule has 6 nitrogen and oxygen atoms in total. The minimum Gasteiger partial charge on any atom is -0.549 e. The molecule has 0 aliphatic heterocycles. The van der Waals surface area contributed by atoms with Gasteiger partial charge in [0.05, 0.1) is 11.7 Å². The van der Waals surface area contributed by atoms with E-state index in [1.807, 2.05) is 32.0 Å². The second-order valence-electron chi connectivity index (χ2n) is 3.82. The van der Waals surface area contributed by atoms with Crippen LogP contribution in [0.4, 0.5) is 0 Å². The van der Waals surface area contributed by atoms with Gasteiger partial charge in [-0.25, -0.2) is 0 Å². The number of carboxylic acids is 1. The molecular formula is C11H11N4O2S-. The van der Waals surface area contributed by atoms with Crippen molar-refractivity contribution in [2.45, 2.75) is 19.0 Å². The summed E-state index contributed by atoms with van der Waals surface area (Å²) in [6, 6.07) is 5.92. The molecule has 0 aliphatic rings. The molecule has 0 atom stereocenters. The van der Waals surface area contributed by atoms with Crippen LogP contribution in [0, 0.1) is 13.8 Å². The fourth-order valence-electron chi connectivity index (χ4n) is 1.49. The van der Waals surface area contributed by atoms with E-state index in [0.29, 0.717) is 5.16 Å². The molecule has 0 N–H and O–H groups in total. The first kappa shape index (κ1) is 12.6. The van der Waals surface area contributed by atoms with Gasteiger partial charge in [0.1, 0.15) is 0 Å². The first-order valence-corrected chi connectivity index (χ1v) is 6.25. The maximum absolute atomic E-state index is 10.5. The van der Waals surface area contributed by atoms with Gasteiger partial charge in [0, 0.05) is 5.75 Å². The van der Waals surface area contributed by atoms with Gasteiger partial charge in [0.15, 0.2) is 0 Å². The number of carbonyl (C=O) groups excluding carboxylic acids is 1. The number of benzene rings is 1. The fourth-order valence-corrected chi connectivity index (χ4v) is 2.09. The summed E-state index contributed by atoms with van der Waals surface area (Å²) in [5.41, 5.74) is 2.95. The molecule has 0 fully saturated rings. The van der Waals surface area contributed by atoms with Crippen molar-refractivity contribution in [1.29, 1.82) is 0 Å². The van der Waals surface area contributed by atoms with Crippen molar-refractivity contribution in [3.05, 3.63) is 29.3 Å². The van der Waals surface area contributed by atoms with Crippen molar-refractivity contribution in [2.75, 3.05) is 5.75 Å². The van der Waals surface area contributed by atoms with Gasteiger partial charge in [-0.2, -0.15) is 4.68 Å². The van der Waals surface area contributed by atoms with Crippen LogP contribution < -0.4 is 5.11 Å². The Bertz CT molecular complexity index is 582. The maximum Gasteiger partial charge on any atom is 0.214 e. The highest BCUT2D eigenvalue weighted by Crippen LogP contribution is 2.21. The van der Waals surface area contributed by atoms with E-state index in [0.717, 1.165) is 28.6 Å². The molecule has 0 bridgehead atoms. The number of aliphatic carboxylic acids is 1. The Hall–Kier alpha value is -1.89. The number of hydrogen-bond donors (Lipinski definition) is 0. The van der Waals surface area contributed by atoms with Crippen LogP contribution in [0.25, 0.3) is 5.69 Å². The van der Waals surface area contributed by atoms with E-state index in [1.165, 1.54) is 4.68 Å². The molecule has 0 unspecified atom stereocenters. The molecule has 2 aromatic rings. The lowest BCUT2D eigenvalue weighted by molar-refractivity contribution is -0.301. The summed E-state index contributed by atoms with van der Waals surface area (Å²) < 4.78 is 1.54. The highest BCUT2D eigenvalue weighted by molar-refractivity contribution is 7.99. The Labute approximate surface area is 108 Å². The summed E-state index contributed by atoms with van der Waals surface area (Å²) in [5, 5.41) is 22.2. The third kappa shape index (κ3) is 2.67. The van der Waals surface area contributed by atoms with E-state index < -0.39 is 5.97 Å². The van der Waals surface area contributed by atoms with Crippen LogP contribution in [0.3, 0.4) is 0 Å². The molecule has 7 heteroatoms. The van der Waals surface area contributed by atoms with Crippen molar-refractivity contribution in [1.82, 2.24) is 20.2 Å². The molecule has 0 aliphatic carbocycles. The molecule has 94 valence electrons. The number of thioether (sulfide) groups is 1. The summed E-state index contributed by atoms with van der Waals surface area (Å²) in [6.07, 6.45) is 0. The van der Waals surface area contributed by atoms with E-state index in [9.17, 15) is 9.90 Å². The van der Waals surface area contributed by atoms with Gasteiger partial charge in [-0.05, 0) is 41.5 Å². The largest absolute Gasteiger partial charge is 0.549 e. The predicted octanol–water partition coefficient (Wildman–Crippen LogP) is 0.121. The van der Waals surface area contributed by atoms with Crippen LogP contribution in [0.2, 0.25) is 0 Å². The summed E-state index contributed by atoms with van der Waals surface area (Å²) in [7, 11) is 0. The number of carbonyl (C=O) groups is 1. The quantitative estimate of drug-likeness (QED) is 0.729. The van der Waals surface area contributed by atoms with E-state index in [1.54, 1.807) is 0 Å². The lowest BCUT2D eigenvalue weighted by Crippen LogP contribution is -2.24. The summed E-state index contributed by atoms with van der Waals surface area (Å²) >= 11 is 1.04. The van der Waals surface area contributed by atoms with Crippen molar-refractivity contribution < 1.29 is 9.90 Å². The number of hydrogen-bond acceptors (Lipinski definition) is 6. The zero-order valence-electron chi connectivity index (χ0n) is 9.95. The van der Waals surface area contributed by atoms with Crippen LogP contribution in [-0.4, -0.2) is 31.9 Å².